The number of carbonyl (C=O) groups is 7. The van der Waals surface area contributed by atoms with E-state index in [9.17, 15) is 33.6 Å². The zero-order chi connectivity index (χ0) is 56.7. The van der Waals surface area contributed by atoms with Gasteiger partial charge in [0.2, 0.25) is 17.7 Å². The molecule has 7 N–H and O–H groups in total. The maximum atomic E-state index is 15.3. The third kappa shape index (κ3) is 14.9. The number of hydrogen-bond donors (Lipinski definition) is 6. The Labute approximate surface area is 460 Å². The topological polar surface area (TPSA) is 281 Å². The van der Waals surface area contributed by atoms with Crippen molar-refractivity contribution >= 4 is 53.0 Å². The van der Waals surface area contributed by atoms with Crippen molar-refractivity contribution in [3.63, 3.8) is 0 Å². The summed E-state index contributed by atoms with van der Waals surface area (Å²) in [5, 5.41) is 15.2. The van der Waals surface area contributed by atoms with Gasteiger partial charge in [-0.1, -0.05) is 80.9 Å². The Bertz CT molecular complexity index is 3400. The van der Waals surface area contributed by atoms with Crippen LogP contribution in [0.2, 0.25) is 0 Å². The maximum absolute atomic E-state index is 15.3. The largest absolute Gasteiger partial charge is 0.445 e. The van der Waals surface area contributed by atoms with Gasteiger partial charge in [-0.25, -0.2) is 28.5 Å². The minimum atomic E-state index is -1.09. The number of aryl methyl sites for hydroxylation is 1. The highest BCUT2D eigenvalue weighted by atomic mass is 19.1. The molecule has 0 radical (unpaired) electrons. The van der Waals surface area contributed by atoms with E-state index >= 15 is 4.39 Å². The highest BCUT2D eigenvalue weighted by Gasteiger charge is 2.30. The van der Waals surface area contributed by atoms with Crippen molar-refractivity contribution in [2.24, 2.45) is 11.7 Å². The van der Waals surface area contributed by atoms with Crippen LogP contribution in [0, 0.1) is 18.7 Å². The molecule has 4 aromatic heterocycles. The summed E-state index contributed by atoms with van der Waals surface area (Å²) in [6.07, 6.45) is 7.04. The van der Waals surface area contributed by atoms with Crippen LogP contribution in [0.1, 0.15) is 75.0 Å². The average molecular weight is 1090 g/mol. The highest BCUT2D eigenvalue weighted by molar-refractivity contribution is 6.12. The molecule has 0 saturated carbocycles. The molecule has 2 atom stereocenters. The number of pyridine rings is 2. The summed E-state index contributed by atoms with van der Waals surface area (Å²) in [4.78, 5) is 110. The number of halogens is 1. The van der Waals surface area contributed by atoms with Gasteiger partial charge in [0.05, 0.1) is 24.5 Å². The fourth-order valence-electron chi connectivity index (χ4n) is 9.07. The lowest BCUT2D eigenvalue weighted by Crippen LogP contribution is -2.54. The molecule has 0 fully saturated rings. The number of imide groups is 1. The van der Waals surface area contributed by atoms with E-state index in [1.807, 2.05) is 55.6 Å². The number of fused-ring (bicyclic) bond motifs is 1. The molecule has 80 heavy (non-hydrogen) atoms. The summed E-state index contributed by atoms with van der Waals surface area (Å²) in [6.45, 7) is 5.55. The first kappa shape index (κ1) is 56.6. The molecule has 8 rings (SSSR count). The van der Waals surface area contributed by atoms with Crippen molar-refractivity contribution in [3.05, 3.63) is 156 Å². The van der Waals surface area contributed by atoms with Crippen molar-refractivity contribution in [1.29, 1.82) is 0 Å². The van der Waals surface area contributed by atoms with E-state index in [1.165, 1.54) is 29.4 Å². The molecule has 0 saturated heterocycles. The van der Waals surface area contributed by atoms with Gasteiger partial charge in [-0.05, 0) is 97.7 Å². The number of urea groups is 1. The number of rotatable bonds is 25. The van der Waals surface area contributed by atoms with Crippen LogP contribution in [0.15, 0.2) is 128 Å². The van der Waals surface area contributed by atoms with E-state index in [4.69, 9.17) is 20.4 Å². The molecule has 0 spiro atoms. The molecule has 5 heterocycles. The fraction of sp³-hybridized carbons (Fsp3) is 0.293. The first-order valence-electron chi connectivity index (χ1n) is 26.2. The van der Waals surface area contributed by atoms with E-state index in [-0.39, 0.29) is 75.7 Å². The summed E-state index contributed by atoms with van der Waals surface area (Å²) in [7, 11) is 0. The molecule has 1 aliphatic rings. The second-order valence-electron chi connectivity index (χ2n) is 19.5. The highest BCUT2D eigenvalue weighted by Crippen LogP contribution is 2.32. The van der Waals surface area contributed by atoms with Crippen LogP contribution in [-0.2, 0) is 48.4 Å². The number of unbranched alkanes of at least 4 members (excludes halogenated alkanes) is 2. The van der Waals surface area contributed by atoms with Crippen LogP contribution < -0.4 is 27.0 Å². The van der Waals surface area contributed by atoms with Gasteiger partial charge in [0.15, 0.2) is 5.65 Å². The Morgan fingerprint density at radius 1 is 0.800 bits per heavy atom. The van der Waals surface area contributed by atoms with Crippen LogP contribution in [-0.4, -0.2) is 106 Å². The summed E-state index contributed by atoms with van der Waals surface area (Å²) in [5.74, 6) is -2.62. The fourth-order valence-corrected chi connectivity index (χ4v) is 9.07. The lowest BCUT2D eigenvalue weighted by atomic mass is 9.99. The van der Waals surface area contributed by atoms with Gasteiger partial charge in [-0.3, -0.25) is 38.8 Å². The second kappa shape index (κ2) is 26.6. The number of nitrogens with two attached hydrogens (primary N) is 1. The molecule has 2 unspecified atom stereocenters. The molecule has 414 valence electrons. The Hall–Kier alpha value is -9.60. The molecule has 0 bridgehead atoms. The number of primary amides is 1. The lowest BCUT2D eigenvalue weighted by Gasteiger charge is -2.25. The number of nitrogens with zero attached hydrogens (tertiary/aromatic N) is 7. The molecule has 0 aliphatic carbocycles. The van der Waals surface area contributed by atoms with E-state index in [1.54, 1.807) is 73.0 Å². The van der Waals surface area contributed by atoms with Gasteiger partial charge < -0.3 is 36.7 Å². The number of hydrogen-bond acceptors (Lipinski definition) is 12. The van der Waals surface area contributed by atoms with Crippen LogP contribution in [0.4, 0.5) is 19.7 Å². The Kier molecular flexibility index (Phi) is 18.8. The summed E-state index contributed by atoms with van der Waals surface area (Å²) >= 11 is 0. The normalized spacial score (nSPS) is 12.8. The van der Waals surface area contributed by atoms with Crippen molar-refractivity contribution < 1.29 is 42.7 Å². The summed E-state index contributed by atoms with van der Waals surface area (Å²) < 4.78 is 22.9. The van der Waals surface area contributed by atoms with Crippen LogP contribution in [0.5, 0.6) is 0 Å². The van der Waals surface area contributed by atoms with Crippen molar-refractivity contribution in [1.82, 2.24) is 55.3 Å². The predicted octanol–water partition coefficient (Wildman–Crippen LogP) is 7.13. The number of anilines is 1. The van der Waals surface area contributed by atoms with Gasteiger partial charge >= 0.3 is 12.1 Å². The molecule has 7 aromatic rings. The minimum absolute atomic E-state index is 0.000973. The maximum Gasteiger partial charge on any atom is 0.410 e. The van der Waals surface area contributed by atoms with Crippen molar-refractivity contribution in [2.75, 3.05) is 18.4 Å². The Morgan fingerprint density at radius 3 is 2.29 bits per heavy atom. The van der Waals surface area contributed by atoms with E-state index < -0.39 is 41.8 Å². The second-order valence-corrected chi connectivity index (χ2v) is 19.5. The number of aromatic nitrogens is 6. The third-order valence-corrected chi connectivity index (χ3v) is 13.2. The van der Waals surface area contributed by atoms with Crippen LogP contribution in [0.25, 0.3) is 39.4 Å². The number of imidazole rings is 1. The molecule has 21 nitrogen and oxygen atoms in total. The number of benzene rings is 3. The van der Waals surface area contributed by atoms with Crippen molar-refractivity contribution in [2.45, 2.75) is 91.1 Å². The SMILES string of the molecule is Cc1cccc(-c2nc(CN(Cc3ccccc3-c3ccccc3F)C(=O)OCc3ccc(NC(=O)C(CCCNC(N)=O)NC(=O)C(NC(=O)CCCCCN4C(=O)C=CC4=O)C(C)C)cc3)[nH]c2-c2ccc3ncnn3c2)n1. The first-order valence-corrected chi connectivity index (χ1v) is 26.2. The minimum Gasteiger partial charge on any atom is -0.445 e. The number of carbonyl (C=O) groups excluding carboxylic acids is 7. The quantitative estimate of drug-likeness (QED) is 0.0246. The van der Waals surface area contributed by atoms with Gasteiger partial charge in [-0.15, -0.1) is 0 Å². The molecule has 1 aliphatic heterocycles. The number of aromatic amines is 1. The van der Waals surface area contributed by atoms with E-state index in [2.05, 4.69) is 36.3 Å². The Balaban J connectivity index is 0.948. The predicted molar refractivity (Wildman–Crippen MR) is 295 cm³/mol. The van der Waals surface area contributed by atoms with Gasteiger partial charge in [0, 0.05) is 60.4 Å². The smallest absolute Gasteiger partial charge is 0.410 e. The van der Waals surface area contributed by atoms with Gasteiger partial charge in [-0.2, -0.15) is 5.10 Å². The third-order valence-electron chi connectivity index (χ3n) is 13.2. The first-order chi connectivity index (χ1) is 38.6. The molecule has 22 heteroatoms. The van der Waals surface area contributed by atoms with Crippen LogP contribution >= 0.6 is 0 Å². The van der Waals surface area contributed by atoms with Gasteiger partial charge in [0.1, 0.15) is 42.4 Å². The Morgan fingerprint density at radius 2 is 1.55 bits per heavy atom. The van der Waals surface area contributed by atoms with Crippen LogP contribution in [0.3, 0.4) is 0 Å². The molecular weight excluding hydrogens is 1030 g/mol. The summed E-state index contributed by atoms with van der Waals surface area (Å²) in [6, 6.07) is 26.8. The van der Waals surface area contributed by atoms with E-state index in [0.717, 1.165) is 16.2 Å². The van der Waals surface area contributed by atoms with E-state index in [0.29, 0.717) is 75.8 Å². The monoisotopic (exact) mass is 1090 g/mol. The lowest BCUT2D eigenvalue weighted by molar-refractivity contribution is -0.137. The number of nitrogens with one attached hydrogen (secondary N) is 5. The molecular formula is C58H62FN13O8. The van der Waals surface area contributed by atoms with Crippen molar-refractivity contribution in [3.8, 4) is 33.8 Å². The number of ether oxygens (including phenoxy) is 1. The van der Waals surface area contributed by atoms with Gasteiger partial charge in [0.25, 0.3) is 11.8 Å². The zero-order valence-corrected chi connectivity index (χ0v) is 44.5. The number of H-pyrrole nitrogens is 1. The summed E-state index contributed by atoms with van der Waals surface area (Å²) in [5.41, 5.74) is 11.8. The zero-order valence-electron chi connectivity index (χ0n) is 44.5. The molecule has 8 amide bonds. The number of amides is 8. The molecule has 3 aromatic carbocycles. The standard InChI is InChI=1S/C58H62FN13O8/c1-36(2)52(69-49(73)20-5-4-10-30-71-50(74)27-28-51(71)75)56(77)66-46(19-12-29-61-57(60)78)55(76)65-41-24-21-38(22-25-41)34-80-58(79)70(31-39-14-6-7-15-42(39)43-16-8-9-17-44(43)59)33-47-67-53(40-23-26-48-62-35-63-72(48)32-40)54(68-47)45-18-11-13-37(3)64-45/h6-9,11,13-18,21-28,32,35-36,46,52H,4-5,10,12,19-20,29-31,33-34H2,1-3H3,(H,65,76)(H,66,77)(H,67,68)(H,69,73)(H3,60,61,78). The average Bonchev–Trinajstić information content (AvgIpc) is 4.21.